The van der Waals surface area contributed by atoms with Gasteiger partial charge in [0.1, 0.15) is 5.69 Å². The van der Waals surface area contributed by atoms with Gasteiger partial charge in [0.15, 0.2) is 6.61 Å². The lowest BCUT2D eigenvalue weighted by molar-refractivity contribution is -0.154. The zero-order valence-electron chi connectivity index (χ0n) is 14.1. The number of aromatic nitrogens is 3. The largest absolute Gasteiger partial charge is 0.468 e. The number of alkyl halides is 3. The van der Waals surface area contributed by atoms with Crippen LogP contribution in [0.2, 0.25) is 5.02 Å². The summed E-state index contributed by atoms with van der Waals surface area (Å²) in [5.41, 5.74) is 1.11. The van der Waals surface area contributed by atoms with Gasteiger partial charge in [-0.3, -0.25) is 9.78 Å². The molecular weight excluding hydrogens is 397 g/mol. The molecule has 144 valence electrons. The summed E-state index contributed by atoms with van der Waals surface area (Å²) in [6.45, 7) is -1.49. The second kappa shape index (κ2) is 8.22. The maximum atomic E-state index is 12.5. The van der Waals surface area contributed by atoms with E-state index in [1.807, 2.05) is 0 Å². The molecule has 0 saturated carbocycles. The Labute approximate surface area is 162 Å². The van der Waals surface area contributed by atoms with Crippen molar-refractivity contribution in [3.63, 3.8) is 0 Å². The fourth-order valence-electron chi connectivity index (χ4n) is 2.23. The van der Waals surface area contributed by atoms with Gasteiger partial charge < -0.3 is 10.1 Å². The highest BCUT2D eigenvalue weighted by atomic mass is 35.5. The number of rotatable bonds is 5. The average molecular weight is 409 g/mol. The minimum Gasteiger partial charge on any atom is -0.468 e. The van der Waals surface area contributed by atoms with Gasteiger partial charge in [0.25, 0.3) is 5.91 Å². The molecule has 10 heteroatoms. The Balaban J connectivity index is 1.91. The van der Waals surface area contributed by atoms with Crippen LogP contribution >= 0.6 is 11.6 Å². The van der Waals surface area contributed by atoms with Gasteiger partial charge >= 0.3 is 6.18 Å². The van der Waals surface area contributed by atoms with Gasteiger partial charge in [-0.25, -0.2) is 9.97 Å². The molecular formula is C18H12ClF3N4O2. The van der Waals surface area contributed by atoms with Crippen LogP contribution in [0.5, 0.6) is 5.88 Å². The second-order valence-corrected chi connectivity index (χ2v) is 5.97. The molecule has 3 aromatic rings. The first-order chi connectivity index (χ1) is 13.3. The summed E-state index contributed by atoms with van der Waals surface area (Å²) in [6.07, 6.45) is 0.741. The Hall–Kier alpha value is -3.20. The van der Waals surface area contributed by atoms with Crippen LogP contribution < -0.4 is 10.1 Å². The van der Waals surface area contributed by atoms with Crippen LogP contribution in [-0.4, -0.2) is 33.6 Å². The van der Waals surface area contributed by atoms with E-state index in [1.54, 1.807) is 24.3 Å². The van der Waals surface area contributed by atoms with Crippen LogP contribution in [0.15, 0.2) is 55.1 Å². The number of hydrogen-bond donors (Lipinski definition) is 1. The maximum absolute atomic E-state index is 12.5. The van der Waals surface area contributed by atoms with Crippen molar-refractivity contribution in [3.8, 4) is 17.0 Å². The van der Waals surface area contributed by atoms with Crippen LogP contribution in [0.25, 0.3) is 11.1 Å². The van der Waals surface area contributed by atoms with Gasteiger partial charge in [-0.1, -0.05) is 23.7 Å². The number of carbonyl (C=O) groups is 1. The smallest absolute Gasteiger partial charge is 0.422 e. The van der Waals surface area contributed by atoms with Gasteiger partial charge in [-0.05, 0) is 23.8 Å². The highest BCUT2D eigenvalue weighted by Crippen LogP contribution is 2.32. The summed E-state index contributed by atoms with van der Waals surface area (Å²) in [4.78, 5) is 23.8. The lowest BCUT2D eigenvalue weighted by Crippen LogP contribution is -2.20. The molecule has 3 rings (SSSR count). The van der Waals surface area contributed by atoms with Crippen molar-refractivity contribution < 1.29 is 22.7 Å². The maximum Gasteiger partial charge on any atom is 0.422 e. The van der Waals surface area contributed by atoms with E-state index in [9.17, 15) is 18.0 Å². The van der Waals surface area contributed by atoms with E-state index >= 15 is 0 Å². The number of nitrogens with zero attached hydrogens (tertiary/aromatic N) is 3. The van der Waals surface area contributed by atoms with Crippen LogP contribution in [0.4, 0.5) is 18.9 Å². The number of anilines is 1. The fourth-order valence-corrected chi connectivity index (χ4v) is 2.36. The van der Waals surface area contributed by atoms with E-state index in [0.29, 0.717) is 10.6 Å². The Morgan fingerprint density at radius 1 is 1.11 bits per heavy atom. The predicted molar refractivity (Wildman–Crippen MR) is 96.2 cm³/mol. The Kier molecular flexibility index (Phi) is 5.74. The van der Waals surface area contributed by atoms with Crippen molar-refractivity contribution >= 4 is 23.2 Å². The van der Waals surface area contributed by atoms with Crippen LogP contribution in [-0.2, 0) is 0 Å². The molecule has 0 spiro atoms. The number of halogens is 4. The van der Waals surface area contributed by atoms with Gasteiger partial charge in [-0.15, -0.1) is 0 Å². The van der Waals surface area contributed by atoms with E-state index in [2.05, 4.69) is 20.3 Å². The van der Waals surface area contributed by atoms with Crippen molar-refractivity contribution in [2.75, 3.05) is 11.9 Å². The summed E-state index contributed by atoms with van der Waals surface area (Å²) in [7, 11) is 0. The number of pyridine rings is 1. The second-order valence-electron chi connectivity index (χ2n) is 5.53. The third kappa shape index (κ3) is 5.17. The molecule has 1 amide bonds. The monoisotopic (exact) mass is 408 g/mol. The summed E-state index contributed by atoms with van der Waals surface area (Å²) in [6, 6.07) is 7.82. The first-order valence-corrected chi connectivity index (χ1v) is 8.22. The molecule has 2 heterocycles. The molecule has 1 aromatic carbocycles. The predicted octanol–water partition coefficient (Wildman–Crippen LogP) is 4.39. The molecule has 0 aliphatic heterocycles. The third-order valence-electron chi connectivity index (χ3n) is 3.43. The van der Waals surface area contributed by atoms with Crippen LogP contribution in [0, 0.1) is 0 Å². The van der Waals surface area contributed by atoms with E-state index in [1.165, 1.54) is 30.9 Å². The van der Waals surface area contributed by atoms with Crippen molar-refractivity contribution in [2.24, 2.45) is 0 Å². The van der Waals surface area contributed by atoms with Crippen molar-refractivity contribution in [1.29, 1.82) is 0 Å². The molecule has 0 aliphatic carbocycles. The minimum atomic E-state index is -4.52. The highest BCUT2D eigenvalue weighted by Gasteiger charge is 2.29. The Morgan fingerprint density at radius 3 is 2.50 bits per heavy atom. The molecule has 0 aliphatic rings. The molecule has 0 bridgehead atoms. The quantitative estimate of drug-likeness (QED) is 0.677. The standard InChI is InChI=1S/C18H12ClF3N4O2/c19-12-3-1-11(2-4-12)14-7-13(8-25-17(14)28-10-18(20,21)22)26-16(27)15-9-23-5-6-24-15/h1-9H,10H2,(H,26,27). The first kappa shape index (κ1) is 19.6. The fraction of sp³-hybridized carbons (Fsp3) is 0.111. The van der Waals surface area contributed by atoms with E-state index in [4.69, 9.17) is 16.3 Å². The molecule has 0 radical (unpaired) electrons. The number of hydrogen-bond acceptors (Lipinski definition) is 5. The number of amides is 1. The molecule has 0 unspecified atom stereocenters. The van der Waals surface area contributed by atoms with Gasteiger partial charge in [0.05, 0.1) is 18.1 Å². The number of nitrogens with one attached hydrogen (secondary N) is 1. The molecule has 28 heavy (non-hydrogen) atoms. The van der Waals surface area contributed by atoms with Crippen LogP contribution in [0.1, 0.15) is 10.5 Å². The lowest BCUT2D eigenvalue weighted by Gasteiger charge is -2.14. The van der Waals surface area contributed by atoms with Crippen LogP contribution in [0.3, 0.4) is 0 Å². The number of benzene rings is 1. The normalized spacial score (nSPS) is 11.1. The van der Waals surface area contributed by atoms with Gasteiger partial charge in [0.2, 0.25) is 5.88 Å². The summed E-state index contributed by atoms with van der Waals surface area (Å²) in [5.74, 6) is -0.766. The zero-order valence-corrected chi connectivity index (χ0v) is 14.8. The minimum absolute atomic E-state index is 0.0768. The molecule has 2 aromatic heterocycles. The molecule has 0 atom stereocenters. The molecule has 1 N–H and O–H groups in total. The van der Waals surface area contributed by atoms with E-state index < -0.39 is 18.7 Å². The van der Waals surface area contributed by atoms with Gasteiger partial charge in [0, 0.05) is 23.0 Å². The third-order valence-corrected chi connectivity index (χ3v) is 3.68. The summed E-state index contributed by atoms with van der Waals surface area (Å²) >= 11 is 5.86. The number of carbonyl (C=O) groups excluding carboxylic acids is 1. The van der Waals surface area contributed by atoms with Crippen molar-refractivity contribution in [3.05, 3.63) is 65.8 Å². The highest BCUT2D eigenvalue weighted by molar-refractivity contribution is 6.30. The molecule has 0 saturated heterocycles. The summed E-state index contributed by atoms with van der Waals surface area (Å²) < 4.78 is 42.4. The first-order valence-electron chi connectivity index (χ1n) is 7.85. The zero-order chi connectivity index (χ0) is 20.1. The van der Waals surface area contributed by atoms with Crippen molar-refractivity contribution in [1.82, 2.24) is 15.0 Å². The Bertz CT molecular complexity index is 967. The Morgan fingerprint density at radius 2 is 1.86 bits per heavy atom. The average Bonchev–Trinajstić information content (AvgIpc) is 2.67. The topological polar surface area (TPSA) is 77.0 Å². The van der Waals surface area contributed by atoms with Gasteiger partial charge in [-0.2, -0.15) is 13.2 Å². The lowest BCUT2D eigenvalue weighted by atomic mass is 10.1. The van der Waals surface area contributed by atoms with Crippen molar-refractivity contribution in [2.45, 2.75) is 6.18 Å². The number of ether oxygens (including phenoxy) is 1. The van der Waals surface area contributed by atoms with E-state index in [-0.39, 0.29) is 22.8 Å². The molecule has 0 fully saturated rings. The van der Waals surface area contributed by atoms with E-state index in [0.717, 1.165) is 0 Å². The molecule has 6 nitrogen and oxygen atoms in total. The SMILES string of the molecule is O=C(Nc1cnc(OCC(F)(F)F)c(-c2ccc(Cl)cc2)c1)c1cnccn1. The summed E-state index contributed by atoms with van der Waals surface area (Å²) in [5, 5.41) is 3.03.